The van der Waals surface area contributed by atoms with Gasteiger partial charge in [0.1, 0.15) is 0 Å². The van der Waals surface area contributed by atoms with E-state index in [1.807, 2.05) is 0 Å². The minimum absolute atomic E-state index is 0.00610. The summed E-state index contributed by atoms with van der Waals surface area (Å²) in [7, 11) is -3.79. The number of sulfonamides is 1. The third-order valence-electron chi connectivity index (χ3n) is 4.01. The lowest BCUT2D eigenvalue weighted by molar-refractivity contribution is 0.0537. The molecule has 6 nitrogen and oxygen atoms in total. The second kappa shape index (κ2) is 6.04. The van der Waals surface area contributed by atoms with Gasteiger partial charge in [-0.05, 0) is 31.7 Å². The van der Waals surface area contributed by atoms with Crippen molar-refractivity contribution in [2.24, 2.45) is 16.8 Å². The van der Waals surface area contributed by atoms with Gasteiger partial charge in [0, 0.05) is 24.0 Å². The van der Waals surface area contributed by atoms with Crippen LogP contribution in [0.15, 0.2) is 11.0 Å². The molecule has 2 heterocycles. The second-order valence-electron chi connectivity index (χ2n) is 5.50. The first kappa shape index (κ1) is 16.4. The number of carbonyl (C=O) groups is 1. The van der Waals surface area contributed by atoms with Gasteiger partial charge in [-0.1, -0.05) is 6.92 Å². The van der Waals surface area contributed by atoms with Crippen LogP contribution in [-0.2, 0) is 10.0 Å². The van der Waals surface area contributed by atoms with Crippen LogP contribution in [0.3, 0.4) is 0 Å². The molecule has 0 bridgehead atoms. The zero-order chi connectivity index (χ0) is 15.8. The van der Waals surface area contributed by atoms with Crippen LogP contribution < -0.4 is 10.9 Å². The molecule has 1 aliphatic rings. The third kappa shape index (κ3) is 3.28. The molecular formula is C13H21N3O3S2. The van der Waals surface area contributed by atoms with E-state index in [2.05, 4.69) is 6.92 Å². The van der Waals surface area contributed by atoms with Crippen molar-refractivity contribution in [3.8, 4) is 0 Å². The van der Waals surface area contributed by atoms with E-state index in [4.69, 9.17) is 10.9 Å². The van der Waals surface area contributed by atoms with E-state index in [0.29, 0.717) is 28.8 Å². The van der Waals surface area contributed by atoms with Gasteiger partial charge >= 0.3 is 0 Å². The summed E-state index contributed by atoms with van der Waals surface area (Å²) < 4.78 is 23.0. The Morgan fingerprint density at radius 3 is 2.71 bits per heavy atom. The molecule has 2 rings (SSSR count). The molecule has 2 atom stereocenters. The van der Waals surface area contributed by atoms with Crippen molar-refractivity contribution in [3.63, 3.8) is 0 Å². The first-order valence-corrected chi connectivity index (χ1v) is 9.26. The summed E-state index contributed by atoms with van der Waals surface area (Å²) in [6, 6.07) is 1.39. The van der Waals surface area contributed by atoms with Crippen molar-refractivity contribution in [2.45, 2.75) is 37.6 Å². The molecule has 0 radical (unpaired) electrons. The van der Waals surface area contributed by atoms with E-state index < -0.39 is 10.0 Å². The summed E-state index contributed by atoms with van der Waals surface area (Å²) >= 11 is 1.17. The summed E-state index contributed by atoms with van der Waals surface area (Å²) in [6.45, 7) is 4.82. The van der Waals surface area contributed by atoms with E-state index in [9.17, 15) is 13.2 Å². The normalized spacial score (nSPS) is 23.3. The molecule has 4 N–H and O–H groups in total. The largest absolute Gasteiger partial charge is 0.333 e. The van der Waals surface area contributed by atoms with Gasteiger partial charge in [0.15, 0.2) is 0 Å². The SMILES string of the molecule is Cc1sc(C(=O)N2CCC[C@@H](C)[C@H]2CN)cc1S(N)(=O)=O. The average Bonchev–Trinajstić information content (AvgIpc) is 2.79. The number of primary sulfonamides is 1. The molecule has 8 heteroatoms. The predicted octanol–water partition coefficient (Wildman–Crippen LogP) is 0.903. The number of aryl methyl sites for hydroxylation is 1. The third-order valence-corrected chi connectivity index (χ3v) is 6.21. The van der Waals surface area contributed by atoms with Crippen molar-refractivity contribution >= 4 is 27.3 Å². The van der Waals surface area contributed by atoms with E-state index >= 15 is 0 Å². The van der Waals surface area contributed by atoms with Crippen molar-refractivity contribution in [3.05, 3.63) is 15.8 Å². The molecule has 118 valence electrons. The number of piperidine rings is 1. The lowest BCUT2D eigenvalue weighted by atomic mass is 9.90. The Hall–Kier alpha value is -0.960. The Bertz CT molecular complexity index is 639. The first-order chi connectivity index (χ1) is 9.75. The van der Waals surface area contributed by atoms with Crippen LogP contribution in [0.2, 0.25) is 0 Å². The topological polar surface area (TPSA) is 106 Å². The fraction of sp³-hybridized carbons (Fsp3) is 0.615. The minimum atomic E-state index is -3.79. The van der Waals surface area contributed by atoms with Gasteiger partial charge in [-0.25, -0.2) is 13.6 Å². The molecule has 1 aromatic heterocycles. The molecular weight excluding hydrogens is 310 g/mol. The Morgan fingerprint density at radius 2 is 2.19 bits per heavy atom. The summed E-state index contributed by atoms with van der Waals surface area (Å²) in [5.74, 6) is 0.200. The molecule has 0 saturated carbocycles. The second-order valence-corrected chi connectivity index (χ2v) is 8.28. The smallest absolute Gasteiger partial charge is 0.264 e. The Balaban J connectivity index is 2.32. The van der Waals surface area contributed by atoms with E-state index in [1.54, 1.807) is 11.8 Å². The standard InChI is InChI=1S/C13H21N3O3S2/c1-8-4-3-5-16(10(8)7-14)13(17)11-6-12(9(2)20-11)21(15,18)19/h6,8,10H,3-5,7,14H2,1-2H3,(H2,15,18,19)/t8-,10-/m1/s1. The number of hydrogen-bond donors (Lipinski definition) is 2. The molecule has 1 fully saturated rings. The molecule has 0 aromatic carbocycles. The van der Waals surface area contributed by atoms with E-state index in [1.165, 1.54) is 17.4 Å². The molecule has 21 heavy (non-hydrogen) atoms. The summed E-state index contributed by atoms with van der Waals surface area (Å²) in [5, 5.41) is 5.16. The predicted molar refractivity (Wildman–Crippen MR) is 82.7 cm³/mol. The quantitative estimate of drug-likeness (QED) is 0.858. The summed E-state index contributed by atoms with van der Waals surface area (Å²) in [4.78, 5) is 15.4. The fourth-order valence-electron chi connectivity index (χ4n) is 2.86. The Kier molecular flexibility index (Phi) is 4.72. The molecule has 1 aromatic rings. The molecule has 1 aliphatic heterocycles. The highest BCUT2D eigenvalue weighted by Crippen LogP contribution is 2.29. The zero-order valence-electron chi connectivity index (χ0n) is 12.2. The van der Waals surface area contributed by atoms with Crippen LogP contribution in [0.25, 0.3) is 0 Å². The van der Waals surface area contributed by atoms with Crippen molar-refractivity contribution < 1.29 is 13.2 Å². The maximum absolute atomic E-state index is 12.7. The molecule has 0 unspecified atom stereocenters. The van der Waals surface area contributed by atoms with Gasteiger partial charge in [0.2, 0.25) is 10.0 Å². The number of nitrogens with two attached hydrogens (primary N) is 2. The van der Waals surface area contributed by atoms with Crippen LogP contribution in [-0.4, -0.2) is 38.4 Å². The van der Waals surface area contributed by atoms with Crippen LogP contribution in [0, 0.1) is 12.8 Å². The fourth-order valence-corrected chi connectivity index (χ4v) is 4.96. The number of amides is 1. The highest BCUT2D eigenvalue weighted by Gasteiger charge is 2.32. The van der Waals surface area contributed by atoms with Crippen molar-refractivity contribution in [1.29, 1.82) is 0 Å². The van der Waals surface area contributed by atoms with Gasteiger partial charge in [-0.3, -0.25) is 4.79 Å². The van der Waals surface area contributed by atoms with Crippen molar-refractivity contribution in [2.75, 3.05) is 13.1 Å². The number of hydrogen-bond acceptors (Lipinski definition) is 5. The number of thiophene rings is 1. The number of carbonyl (C=O) groups excluding carboxylic acids is 1. The summed E-state index contributed by atoms with van der Waals surface area (Å²) in [6.07, 6.45) is 1.99. The molecule has 1 amide bonds. The lowest BCUT2D eigenvalue weighted by Crippen LogP contribution is -2.51. The Morgan fingerprint density at radius 1 is 1.52 bits per heavy atom. The van der Waals surface area contributed by atoms with Crippen LogP contribution in [0.1, 0.15) is 34.3 Å². The highest BCUT2D eigenvalue weighted by molar-refractivity contribution is 7.89. The van der Waals surface area contributed by atoms with Gasteiger partial charge in [-0.2, -0.15) is 0 Å². The lowest BCUT2D eigenvalue weighted by Gasteiger charge is -2.39. The maximum atomic E-state index is 12.7. The van der Waals surface area contributed by atoms with Crippen LogP contribution >= 0.6 is 11.3 Å². The van der Waals surface area contributed by atoms with Gasteiger partial charge in [-0.15, -0.1) is 11.3 Å². The number of rotatable bonds is 3. The van der Waals surface area contributed by atoms with Gasteiger partial charge < -0.3 is 10.6 Å². The number of likely N-dealkylation sites (tertiary alicyclic amines) is 1. The van der Waals surface area contributed by atoms with E-state index in [-0.39, 0.29) is 16.8 Å². The molecule has 1 saturated heterocycles. The zero-order valence-corrected chi connectivity index (χ0v) is 13.8. The van der Waals surface area contributed by atoms with Crippen LogP contribution in [0.4, 0.5) is 0 Å². The maximum Gasteiger partial charge on any atom is 0.264 e. The van der Waals surface area contributed by atoms with Crippen LogP contribution in [0.5, 0.6) is 0 Å². The van der Waals surface area contributed by atoms with E-state index in [0.717, 1.165) is 12.8 Å². The molecule has 0 spiro atoms. The monoisotopic (exact) mass is 331 g/mol. The number of nitrogens with zero attached hydrogens (tertiary/aromatic N) is 1. The molecule has 0 aliphatic carbocycles. The first-order valence-electron chi connectivity index (χ1n) is 6.90. The minimum Gasteiger partial charge on any atom is -0.333 e. The average molecular weight is 331 g/mol. The summed E-state index contributed by atoms with van der Waals surface area (Å²) in [5.41, 5.74) is 5.80. The van der Waals surface area contributed by atoms with Crippen molar-refractivity contribution in [1.82, 2.24) is 4.90 Å². The highest BCUT2D eigenvalue weighted by atomic mass is 32.2. The van der Waals surface area contributed by atoms with Gasteiger partial charge in [0.25, 0.3) is 5.91 Å². The van der Waals surface area contributed by atoms with Gasteiger partial charge in [0.05, 0.1) is 9.77 Å². The Labute approximate surface area is 129 Å².